The fourth-order valence-electron chi connectivity index (χ4n) is 3.73. The fraction of sp³-hybridized carbons (Fsp3) is 0.240. The molecule has 4 aromatic rings. The van der Waals surface area contributed by atoms with Gasteiger partial charge in [0.15, 0.2) is 11.0 Å². The minimum atomic E-state index is -0.0633. The molecule has 170 valence electrons. The van der Waals surface area contributed by atoms with E-state index in [1.54, 1.807) is 0 Å². The predicted molar refractivity (Wildman–Crippen MR) is 142 cm³/mol. The lowest BCUT2D eigenvalue weighted by molar-refractivity contribution is -0.113. The van der Waals surface area contributed by atoms with Crippen LogP contribution in [0.5, 0.6) is 5.75 Å². The molecule has 0 aliphatic heterocycles. The number of benzene rings is 3. The zero-order valence-corrected chi connectivity index (χ0v) is 21.7. The molecule has 33 heavy (non-hydrogen) atoms. The molecule has 0 saturated carbocycles. The third kappa shape index (κ3) is 5.50. The molecule has 0 radical (unpaired) electrons. The molecule has 6 nitrogen and oxygen atoms in total. The molecule has 0 bridgehead atoms. The SMILES string of the molecule is CCn1c(COc2cccc3ccccc23)nnc1SCC(=O)Nc1c(C)cc(I)cc1C. The molecule has 3 aromatic carbocycles. The predicted octanol–water partition coefficient (Wildman–Crippen LogP) is 5.98. The van der Waals surface area contributed by atoms with Crippen LogP contribution in [0.15, 0.2) is 59.8 Å². The van der Waals surface area contributed by atoms with E-state index in [4.69, 9.17) is 4.74 Å². The Balaban J connectivity index is 1.41. The second-order valence-electron chi connectivity index (χ2n) is 7.66. The second kappa shape index (κ2) is 10.6. The summed E-state index contributed by atoms with van der Waals surface area (Å²) in [6, 6.07) is 18.3. The van der Waals surface area contributed by atoms with E-state index in [-0.39, 0.29) is 11.7 Å². The molecule has 4 rings (SSSR count). The molecule has 8 heteroatoms. The summed E-state index contributed by atoms with van der Waals surface area (Å²) in [5.74, 6) is 1.74. The van der Waals surface area contributed by atoms with E-state index in [0.29, 0.717) is 18.3 Å². The number of thioether (sulfide) groups is 1. The van der Waals surface area contributed by atoms with Crippen molar-refractivity contribution in [2.24, 2.45) is 0 Å². The first kappa shape index (κ1) is 23.6. The van der Waals surface area contributed by atoms with Gasteiger partial charge >= 0.3 is 0 Å². The van der Waals surface area contributed by atoms with Crippen molar-refractivity contribution in [2.75, 3.05) is 11.1 Å². The lowest BCUT2D eigenvalue weighted by Gasteiger charge is -2.13. The molecule has 1 aromatic heterocycles. The van der Waals surface area contributed by atoms with E-state index in [9.17, 15) is 4.79 Å². The number of amides is 1. The van der Waals surface area contributed by atoms with Gasteiger partial charge in [-0.2, -0.15) is 0 Å². The summed E-state index contributed by atoms with van der Waals surface area (Å²) in [6.07, 6.45) is 0. The van der Waals surface area contributed by atoms with Crippen LogP contribution in [0.1, 0.15) is 23.9 Å². The number of aryl methyl sites for hydroxylation is 2. The number of nitrogens with zero attached hydrogens (tertiary/aromatic N) is 3. The van der Waals surface area contributed by atoms with Crippen LogP contribution in [0.3, 0.4) is 0 Å². The summed E-state index contributed by atoms with van der Waals surface area (Å²) in [6.45, 7) is 7.05. The number of rotatable bonds is 8. The number of nitrogens with one attached hydrogen (secondary N) is 1. The number of hydrogen-bond donors (Lipinski definition) is 1. The zero-order valence-electron chi connectivity index (χ0n) is 18.8. The molecule has 0 saturated heterocycles. The average Bonchev–Trinajstić information content (AvgIpc) is 3.20. The Morgan fingerprint density at radius 2 is 1.82 bits per heavy atom. The molecular formula is C25H25IN4O2S. The topological polar surface area (TPSA) is 69.0 Å². The van der Waals surface area contributed by atoms with Gasteiger partial charge in [-0.25, -0.2) is 0 Å². The lowest BCUT2D eigenvalue weighted by atomic mass is 10.1. The first-order chi connectivity index (χ1) is 16.0. The van der Waals surface area contributed by atoms with Crippen LogP contribution in [-0.4, -0.2) is 26.4 Å². The largest absolute Gasteiger partial charge is 0.485 e. The highest BCUT2D eigenvalue weighted by Crippen LogP contribution is 2.27. The number of aromatic nitrogens is 3. The van der Waals surface area contributed by atoms with Crippen LogP contribution in [0.2, 0.25) is 0 Å². The van der Waals surface area contributed by atoms with Gasteiger partial charge in [-0.1, -0.05) is 48.2 Å². The van der Waals surface area contributed by atoms with Crippen molar-refractivity contribution >= 4 is 56.7 Å². The Bertz CT molecular complexity index is 1280. The Morgan fingerprint density at radius 3 is 2.58 bits per heavy atom. The summed E-state index contributed by atoms with van der Waals surface area (Å²) >= 11 is 3.66. The highest BCUT2D eigenvalue weighted by atomic mass is 127. The van der Waals surface area contributed by atoms with E-state index < -0.39 is 0 Å². The minimum absolute atomic E-state index is 0.0633. The maximum atomic E-state index is 12.6. The minimum Gasteiger partial charge on any atom is -0.485 e. The molecule has 0 fully saturated rings. The highest BCUT2D eigenvalue weighted by Gasteiger charge is 2.15. The van der Waals surface area contributed by atoms with Crippen molar-refractivity contribution in [3.63, 3.8) is 0 Å². The van der Waals surface area contributed by atoms with Crippen LogP contribution in [0.25, 0.3) is 10.8 Å². The van der Waals surface area contributed by atoms with E-state index in [0.717, 1.165) is 42.7 Å². The summed E-state index contributed by atoms with van der Waals surface area (Å²) in [5.41, 5.74) is 2.99. The van der Waals surface area contributed by atoms with Gasteiger partial charge in [0.2, 0.25) is 5.91 Å². The summed E-state index contributed by atoms with van der Waals surface area (Å²) in [7, 11) is 0. The number of ether oxygens (including phenoxy) is 1. The van der Waals surface area contributed by atoms with Crippen molar-refractivity contribution in [2.45, 2.75) is 39.1 Å². The van der Waals surface area contributed by atoms with Crippen molar-refractivity contribution in [3.8, 4) is 5.75 Å². The van der Waals surface area contributed by atoms with Gasteiger partial charge < -0.3 is 14.6 Å². The normalized spacial score (nSPS) is 11.0. The third-order valence-electron chi connectivity index (χ3n) is 5.31. The van der Waals surface area contributed by atoms with Crippen LogP contribution in [0, 0.1) is 17.4 Å². The maximum Gasteiger partial charge on any atom is 0.234 e. The summed E-state index contributed by atoms with van der Waals surface area (Å²) in [5, 5.41) is 14.6. The van der Waals surface area contributed by atoms with Crippen molar-refractivity contribution in [3.05, 3.63) is 75.1 Å². The second-order valence-corrected chi connectivity index (χ2v) is 9.85. The number of anilines is 1. The smallest absolute Gasteiger partial charge is 0.234 e. The van der Waals surface area contributed by atoms with Gasteiger partial charge in [-0.15, -0.1) is 10.2 Å². The number of halogens is 1. The Hall–Kier alpha value is -2.59. The summed E-state index contributed by atoms with van der Waals surface area (Å²) in [4.78, 5) is 12.6. The first-order valence-corrected chi connectivity index (χ1v) is 12.7. The van der Waals surface area contributed by atoms with Gasteiger partial charge in [0, 0.05) is 21.2 Å². The molecule has 0 spiro atoms. The average molecular weight is 572 g/mol. The lowest BCUT2D eigenvalue weighted by Crippen LogP contribution is -2.16. The van der Waals surface area contributed by atoms with Crippen LogP contribution in [0.4, 0.5) is 5.69 Å². The van der Waals surface area contributed by atoms with Gasteiger partial charge in [-0.05, 0) is 78.1 Å². The first-order valence-electron chi connectivity index (χ1n) is 10.7. The van der Waals surface area contributed by atoms with Crippen LogP contribution in [-0.2, 0) is 17.9 Å². The van der Waals surface area contributed by atoms with Gasteiger partial charge in [0.05, 0.1) is 5.75 Å². The number of carbonyl (C=O) groups excluding carboxylic acids is 1. The van der Waals surface area contributed by atoms with Gasteiger partial charge in [0.1, 0.15) is 12.4 Å². The Morgan fingerprint density at radius 1 is 1.09 bits per heavy atom. The molecule has 0 aliphatic carbocycles. The standard InChI is InChI=1S/C25H25IN4O2S/c1-4-30-22(14-32-21-11-7-9-18-8-5-6-10-20(18)21)28-29-25(30)33-15-23(31)27-24-16(2)12-19(26)13-17(24)3/h5-13H,4,14-15H2,1-3H3,(H,27,31). The molecule has 0 unspecified atom stereocenters. The van der Waals surface area contributed by atoms with E-state index in [2.05, 4.69) is 62.4 Å². The van der Waals surface area contributed by atoms with Gasteiger partial charge in [0.25, 0.3) is 0 Å². The van der Waals surface area contributed by atoms with E-state index in [1.807, 2.05) is 55.7 Å². The Labute approximate surface area is 211 Å². The van der Waals surface area contributed by atoms with Crippen molar-refractivity contribution in [1.29, 1.82) is 0 Å². The van der Waals surface area contributed by atoms with Crippen molar-refractivity contribution < 1.29 is 9.53 Å². The zero-order chi connectivity index (χ0) is 23.4. The van der Waals surface area contributed by atoms with Gasteiger partial charge in [-0.3, -0.25) is 4.79 Å². The van der Waals surface area contributed by atoms with E-state index >= 15 is 0 Å². The number of hydrogen-bond acceptors (Lipinski definition) is 5. The van der Waals surface area contributed by atoms with Crippen LogP contribution < -0.4 is 10.1 Å². The van der Waals surface area contributed by atoms with E-state index in [1.165, 1.54) is 11.8 Å². The number of fused-ring (bicyclic) bond motifs is 1. The Kier molecular flexibility index (Phi) is 7.54. The fourth-order valence-corrected chi connectivity index (χ4v) is 5.48. The molecule has 0 atom stereocenters. The molecule has 1 N–H and O–H groups in total. The molecular weight excluding hydrogens is 547 g/mol. The third-order valence-corrected chi connectivity index (χ3v) is 6.90. The highest BCUT2D eigenvalue weighted by molar-refractivity contribution is 14.1. The molecule has 0 aliphatic rings. The summed E-state index contributed by atoms with van der Waals surface area (Å²) < 4.78 is 9.24. The van der Waals surface area contributed by atoms with Crippen molar-refractivity contribution in [1.82, 2.24) is 14.8 Å². The maximum absolute atomic E-state index is 12.6. The van der Waals surface area contributed by atoms with Crippen LogP contribution >= 0.6 is 34.4 Å². The quantitative estimate of drug-likeness (QED) is 0.208. The molecule has 1 amide bonds. The monoisotopic (exact) mass is 572 g/mol. The number of carbonyl (C=O) groups is 1. The molecule has 1 heterocycles.